The molecule has 7 nitrogen and oxygen atoms in total. The van der Waals surface area contributed by atoms with Gasteiger partial charge in [0.25, 0.3) is 11.7 Å². The van der Waals surface area contributed by atoms with Crippen LogP contribution in [0.1, 0.15) is 52.5 Å². The molecule has 7 heteroatoms. The molecule has 34 heavy (non-hydrogen) atoms. The number of carbonyl (C=O) groups is 3. The minimum Gasteiger partial charge on any atom is -0.480 e. The number of primary amides is 1. The van der Waals surface area contributed by atoms with Gasteiger partial charge in [-0.2, -0.15) is 0 Å². The molecule has 0 aliphatic heterocycles. The van der Waals surface area contributed by atoms with Gasteiger partial charge in [-0.1, -0.05) is 49.4 Å². The minimum absolute atomic E-state index is 0.167. The number of pyridine rings is 1. The van der Waals surface area contributed by atoms with Crippen LogP contribution in [-0.2, 0) is 22.4 Å². The molecule has 0 saturated carbocycles. The van der Waals surface area contributed by atoms with E-state index in [9.17, 15) is 14.4 Å². The van der Waals surface area contributed by atoms with Gasteiger partial charge in [0, 0.05) is 18.3 Å². The number of benzene rings is 1. The number of aliphatic carboxylic acids is 1. The molecule has 0 spiro atoms. The van der Waals surface area contributed by atoms with Crippen LogP contribution in [0.2, 0.25) is 0 Å². The Labute approximate surface area is 197 Å². The highest BCUT2D eigenvalue weighted by atomic mass is 16.5. The first-order chi connectivity index (χ1) is 16.4. The van der Waals surface area contributed by atoms with E-state index in [-0.39, 0.29) is 11.3 Å². The third-order valence-corrected chi connectivity index (χ3v) is 5.97. The highest BCUT2D eigenvalue weighted by Crippen LogP contribution is 2.34. The zero-order valence-electron chi connectivity index (χ0n) is 18.9. The summed E-state index contributed by atoms with van der Waals surface area (Å²) in [5.74, 6) is -2.82. The van der Waals surface area contributed by atoms with E-state index in [2.05, 4.69) is 30.4 Å². The molecule has 4 rings (SSSR count). The van der Waals surface area contributed by atoms with Crippen molar-refractivity contribution >= 4 is 28.7 Å². The molecule has 0 bridgehead atoms. The Morgan fingerprint density at radius 1 is 1.12 bits per heavy atom. The lowest BCUT2D eigenvalue weighted by Crippen LogP contribution is -2.24. The van der Waals surface area contributed by atoms with Gasteiger partial charge >= 0.3 is 5.97 Å². The van der Waals surface area contributed by atoms with Crippen LogP contribution in [-0.4, -0.2) is 33.8 Å². The lowest BCUT2D eigenvalue weighted by molar-refractivity contribution is -0.139. The topological polar surface area (TPSA) is 111 Å². The molecular weight excluding hydrogens is 432 g/mol. The maximum Gasteiger partial charge on any atom is 0.341 e. The number of hydrogen-bond acceptors (Lipinski definition) is 4. The first-order valence-electron chi connectivity index (χ1n) is 11.2. The maximum atomic E-state index is 12.9. The Morgan fingerprint density at radius 3 is 2.59 bits per heavy atom. The van der Waals surface area contributed by atoms with Gasteiger partial charge in [-0.3, -0.25) is 9.59 Å². The van der Waals surface area contributed by atoms with Gasteiger partial charge in [0.1, 0.15) is 5.75 Å². The maximum absolute atomic E-state index is 12.9. The zero-order valence-corrected chi connectivity index (χ0v) is 18.9. The largest absolute Gasteiger partial charge is 0.480 e. The Balaban J connectivity index is 1.92. The monoisotopic (exact) mass is 458 g/mol. The number of carboxylic acids is 1. The van der Waals surface area contributed by atoms with Crippen molar-refractivity contribution in [1.82, 2.24) is 4.40 Å². The smallest absolute Gasteiger partial charge is 0.341 e. The number of nitrogens with two attached hydrogens (primary N) is 1. The van der Waals surface area contributed by atoms with Gasteiger partial charge in [-0.05, 0) is 53.7 Å². The van der Waals surface area contributed by atoms with E-state index in [1.807, 2.05) is 23.5 Å². The fourth-order valence-electron chi connectivity index (χ4n) is 4.54. The van der Waals surface area contributed by atoms with Crippen LogP contribution in [0.3, 0.4) is 0 Å². The number of ether oxygens (including phenoxy) is 1. The number of amides is 1. The normalized spacial score (nSPS) is 13.0. The van der Waals surface area contributed by atoms with Gasteiger partial charge in [0.15, 0.2) is 6.61 Å². The Morgan fingerprint density at radius 2 is 1.91 bits per heavy atom. The Hall–Kier alpha value is -4.13. The van der Waals surface area contributed by atoms with Crippen LogP contribution in [0.25, 0.3) is 11.1 Å². The molecule has 2 aromatic heterocycles. The van der Waals surface area contributed by atoms with E-state index in [4.69, 9.17) is 15.6 Å². The molecule has 3 N–H and O–H groups in total. The predicted octanol–water partition coefficient (Wildman–Crippen LogP) is 3.96. The van der Waals surface area contributed by atoms with E-state index in [1.54, 1.807) is 18.3 Å². The Kier molecular flexibility index (Phi) is 6.63. The average Bonchev–Trinajstić information content (AvgIpc) is 3.16. The van der Waals surface area contributed by atoms with Crippen molar-refractivity contribution in [2.24, 2.45) is 5.73 Å². The van der Waals surface area contributed by atoms with Crippen LogP contribution in [0.4, 0.5) is 0 Å². The number of hydrogen-bond donors (Lipinski definition) is 2. The number of fused-ring (bicyclic) bond motifs is 1. The third-order valence-electron chi connectivity index (χ3n) is 5.97. The summed E-state index contributed by atoms with van der Waals surface area (Å²) in [5, 5.41) is 9.09. The number of rotatable bonds is 9. The second kappa shape index (κ2) is 9.79. The van der Waals surface area contributed by atoms with Crippen molar-refractivity contribution in [2.75, 3.05) is 6.61 Å². The number of allylic oxidation sites excluding steroid dienone is 4. The van der Waals surface area contributed by atoms with Crippen LogP contribution in [0.15, 0.2) is 60.8 Å². The second-order valence-electron chi connectivity index (χ2n) is 8.09. The summed E-state index contributed by atoms with van der Waals surface area (Å²) < 4.78 is 7.30. The van der Waals surface area contributed by atoms with Crippen LogP contribution in [0, 0.1) is 0 Å². The lowest BCUT2D eigenvalue weighted by Gasteiger charge is -2.14. The number of carboxylic acid groups (broad SMARTS) is 1. The average molecular weight is 459 g/mol. The van der Waals surface area contributed by atoms with E-state index < -0.39 is 24.3 Å². The van der Waals surface area contributed by atoms with Crippen molar-refractivity contribution in [3.63, 3.8) is 0 Å². The molecule has 0 radical (unpaired) electrons. The van der Waals surface area contributed by atoms with Crippen LogP contribution in [0.5, 0.6) is 5.75 Å². The summed E-state index contributed by atoms with van der Waals surface area (Å²) in [6, 6.07) is 11.4. The third kappa shape index (κ3) is 4.37. The zero-order chi connectivity index (χ0) is 24.2. The number of nitrogens with zero attached hydrogens (tertiary/aromatic N) is 1. The molecule has 1 aliphatic carbocycles. The van der Waals surface area contributed by atoms with Gasteiger partial charge in [0.05, 0.1) is 11.1 Å². The fraction of sp³-hybridized carbons (Fsp3) is 0.222. The predicted molar refractivity (Wildman–Crippen MR) is 129 cm³/mol. The quantitative estimate of drug-likeness (QED) is 0.372. The van der Waals surface area contributed by atoms with Crippen molar-refractivity contribution < 1.29 is 24.2 Å². The van der Waals surface area contributed by atoms with Gasteiger partial charge < -0.3 is 20.0 Å². The van der Waals surface area contributed by atoms with Crippen molar-refractivity contribution in [2.45, 2.75) is 32.6 Å². The molecule has 3 aromatic rings. The van der Waals surface area contributed by atoms with Gasteiger partial charge in [-0.25, -0.2) is 4.79 Å². The van der Waals surface area contributed by atoms with E-state index >= 15 is 0 Å². The second-order valence-corrected chi connectivity index (χ2v) is 8.09. The minimum atomic E-state index is -1.14. The summed E-state index contributed by atoms with van der Waals surface area (Å²) >= 11 is 0. The van der Waals surface area contributed by atoms with Gasteiger partial charge in [0.2, 0.25) is 0 Å². The molecule has 0 fully saturated rings. The Bertz CT molecular complexity index is 1350. The molecule has 1 amide bonds. The van der Waals surface area contributed by atoms with E-state index in [0.29, 0.717) is 23.9 Å². The molecule has 2 heterocycles. The summed E-state index contributed by atoms with van der Waals surface area (Å²) in [6.07, 6.45) is 11.3. The van der Waals surface area contributed by atoms with Gasteiger partial charge in [-0.15, -0.1) is 0 Å². The summed E-state index contributed by atoms with van der Waals surface area (Å²) in [7, 11) is 0. The number of Topliss-reactive ketones (excluding diaryl/α,β-unsaturated/α-hetero) is 1. The standard InChI is InChI=1S/C27H26N2O5/c1-2-19-21(15-18-11-6-7-12-20(18)17-9-4-3-5-10-17)29-14-8-13-22(34-16-23(30)31)25(29)24(19)26(32)27(28)33/h4,6-14H,2-3,5,15-16H2,1H3,(H2,28,33)(H,30,31). The molecule has 1 aromatic carbocycles. The molecule has 174 valence electrons. The summed E-state index contributed by atoms with van der Waals surface area (Å²) in [5.41, 5.74) is 10.8. The highest BCUT2D eigenvalue weighted by Gasteiger charge is 2.28. The molecule has 0 unspecified atom stereocenters. The van der Waals surface area contributed by atoms with Crippen molar-refractivity contribution in [1.29, 1.82) is 0 Å². The van der Waals surface area contributed by atoms with E-state index in [1.165, 1.54) is 0 Å². The molecule has 0 atom stereocenters. The molecule has 1 aliphatic rings. The van der Waals surface area contributed by atoms with Crippen LogP contribution < -0.4 is 10.5 Å². The number of ketones is 1. The van der Waals surface area contributed by atoms with E-state index in [0.717, 1.165) is 35.2 Å². The first-order valence-corrected chi connectivity index (χ1v) is 11.2. The summed E-state index contributed by atoms with van der Waals surface area (Å²) in [6.45, 7) is 1.33. The lowest BCUT2D eigenvalue weighted by atomic mass is 9.92. The first kappa shape index (κ1) is 23.0. The van der Waals surface area contributed by atoms with Crippen LogP contribution >= 0.6 is 0 Å². The molecule has 0 saturated heterocycles. The fourth-order valence-corrected chi connectivity index (χ4v) is 4.54. The van der Waals surface area contributed by atoms with Crippen molar-refractivity contribution in [3.8, 4) is 5.75 Å². The highest BCUT2D eigenvalue weighted by molar-refractivity contribution is 6.44. The van der Waals surface area contributed by atoms with Crippen molar-refractivity contribution in [3.05, 3.63) is 88.8 Å². The number of aromatic nitrogens is 1. The summed E-state index contributed by atoms with van der Waals surface area (Å²) in [4.78, 5) is 36.0. The number of carbonyl (C=O) groups excluding carboxylic acids is 2. The SMILES string of the molecule is CCc1c(C(=O)C(N)=O)c2c(OCC(=O)O)cccn2c1Cc1ccccc1C1=CCCC=C1. The molecular formula is C27H26N2O5.